The molecule has 1 aliphatic rings. The summed E-state index contributed by atoms with van der Waals surface area (Å²) in [6.45, 7) is 0. The first-order chi connectivity index (χ1) is 18.0. The standard InChI is InChI=1S/C28H25N3O5S/c1-33-19-11-12-23(34-2)21(16-19)31-26(25(30-28(31)37)20-6-4-5-15-29-20)24-14-13-22(36-24)17-7-9-18(10-8-17)27(32)35-3/h4-16,25-26H,1-3H3,(H,30,37)/t25-,26-/m0/s1. The molecule has 2 atom stereocenters. The highest BCUT2D eigenvalue weighted by Gasteiger charge is 2.43. The zero-order valence-electron chi connectivity index (χ0n) is 20.5. The fourth-order valence-corrected chi connectivity index (χ4v) is 4.78. The second-order valence-corrected chi connectivity index (χ2v) is 8.69. The number of furan rings is 1. The number of aromatic nitrogens is 1. The Morgan fingerprint density at radius 1 is 1.00 bits per heavy atom. The fourth-order valence-electron chi connectivity index (χ4n) is 4.44. The number of rotatable bonds is 7. The van der Waals surface area contributed by atoms with Crippen molar-refractivity contribution < 1.29 is 23.4 Å². The van der Waals surface area contributed by atoms with Gasteiger partial charge in [0.15, 0.2) is 5.11 Å². The number of benzene rings is 2. The molecular weight excluding hydrogens is 490 g/mol. The number of esters is 1. The van der Waals surface area contributed by atoms with Crippen LogP contribution in [0.4, 0.5) is 5.69 Å². The molecule has 2 aromatic carbocycles. The smallest absolute Gasteiger partial charge is 0.337 e. The Kier molecular flexibility index (Phi) is 6.78. The van der Waals surface area contributed by atoms with Gasteiger partial charge in [-0.2, -0.15) is 0 Å². The van der Waals surface area contributed by atoms with Crippen molar-refractivity contribution in [2.45, 2.75) is 12.1 Å². The molecule has 1 saturated heterocycles. The minimum absolute atomic E-state index is 0.287. The van der Waals surface area contributed by atoms with Crippen molar-refractivity contribution in [3.8, 4) is 22.8 Å². The van der Waals surface area contributed by atoms with E-state index in [0.29, 0.717) is 33.7 Å². The summed E-state index contributed by atoms with van der Waals surface area (Å²) in [6.07, 6.45) is 1.75. The van der Waals surface area contributed by atoms with Crippen LogP contribution in [0.2, 0.25) is 0 Å². The molecule has 0 radical (unpaired) electrons. The molecule has 3 heterocycles. The number of anilines is 1. The van der Waals surface area contributed by atoms with Gasteiger partial charge in [-0.05, 0) is 60.7 Å². The molecule has 37 heavy (non-hydrogen) atoms. The van der Waals surface area contributed by atoms with Gasteiger partial charge < -0.3 is 28.8 Å². The van der Waals surface area contributed by atoms with E-state index in [1.165, 1.54) is 7.11 Å². The van der Waals surface area contributed by atoms with Crippen LogP contribution in [-0.4, -0.2) is 37.4 Å². The third-order valence-corrected chi connectivity index (χ3v) is 6.57. The third-order valence-electron chi connectivity index (χ3n) is 6.25. The van der Waals surface area contributed by atoms with Gasteiger partial charge in [-0.3, -0.25) is 4.98 Å². The second kappa shape index (κ2) is 10.3. The molecule has 9 heteroatoms. The molecule has 0 bridgehead atoms. The molecule has 0 spiro atoms. The molecule has 188 valence electrons. The maximum absolute atomic E-state index is 11.8. The van der Waals surface area contributed by atoms with Gasteiger partial charge in [0.2, 0.25) is 0 Å². The lowest BCUT2D eigenvalue weighted by molar-refractivity contribution is 0.0600. The zero-order valence-corrected chi connectivity index (χ0v) is 21.3. The van der Waals surface area contributed by atoms with Gasteiger partial charge in [0.1, 0.15) is 29.1 Å². The molecule has 1 fully saturated rings. The molecule has 5 rings (SSSR count). The van der Waals surface area contributed by atoms with Crippen LogP contribution in [0, 0.1) is 0 Å². The summed E-state index contributed by atoms with van der Waals surface area (Å²) in [5.74, 6) is 2.26. The first kappa shape index (κ1) is 24.3. The highest BCUT2D eigenvalue weighted by atomic mass is 32.1. The molecule has 1 aliphatic heterocycles. The van der Waals surface area contributed by atoms with E-state index in [-0.39, 0.29) is 12.1 Å². The number of nitrogens with zero attached hydrogens (tertiary/aromatic N) is 2. The van der Waals surface area contributed by atoms with Crippen LogP contribution in [0.5, 0.6) is 11.5 Å². The first-order valence-corrected chi connectivity index (χ1v) is 12.0. The van der Waals surface area contributed by atoms with Crippen LogP contribution >= 0.6 is 12.2 Å². The number of hydrogen-bond acceptors (Lipinski definition) is 7. The summed E-state index contributed by atoms with van der Waals surface area (Å²) in [5.41, 5.74) is 2.85. The van der Waals surface area contributed by atoms with Crippen LogP contribution in [-0.2, 0) is 4.74 Å². The second-order valence-electron chi connectivity index (χ2n) is 8.31. The van der Waals surface area contributed by atoms with E-state index in [9.17, 15) is 4.79 Å². The number of methoxy groups -OCH3 is 3. The SMILES string of the molecule is COC(=O)c1ccc(-c2ccc([C@H]3[C@H](c4ccccn4)NC(=S)N3c3cc(OC)ccc3OC)o2)cc1. The van der Waals surface area contributed by atoms with E-state index in [4.69, 9.17) is 30.8 Å². The van der Waals surface area contributed by atoms with E-state index in [2.05, 4.69) is 10.3 Å². The Labute approximate surface area is 219 Å². The number of carbonyl (C=O) groups excluding carboxylic acids is 1. The van der Waals surface area contributed by atoms with Crippen molar-refractivity contribution in [2.75, 3.05) is 26.2 Å². The summed E-state index contributed by atoms with van der Waals surface area (Å²) >= 11 is 5.82. The molecule has 0 amide bonds. The number of nitrogens with one attached hydrogen (secondary N) is 1. The molecule has 1 N–H and O–H groups in total. The van der Waals surface area contributed by atoms with E-state index in [0.717, 1.165) is 16.9 Å². The summed E-state index contributed by atoms with van der Waals surface area (Å²) in [7, 11) is 4.59. The first-order valence-electron chi connectivity index (χ1n) is 11.5. The molecule has 4 aromatic rings. The highest BCUT2D eigenvalue weighted by molar-refractivity contribution is 7.80. The lowest BCUT2D eigenvalue weighted by Crippen LogP contribution is -2.29. The normalized spacial score (nSPS) is 16.8. The van der Waals surface area contributed by atoms with Gasteiger partial charge in [0.25, 0.3) is 0 Å². The van der Waals surface area contributed by atoms with E-state index >= 15 is 0 Å². The van der Waals surface area contributed by atoms with Gasteiger partial charge in [-0.1, -0.05) is 18.2 Å². The summed E-state index contributed by atoms with van der Waals surface area (Å²) < 4.78 is 22.4. The Balaban J connectivity index is 1.59. The summed E-state index contributed by atoms with van der Waals surface area (Å²) in [4.78, 5) is 18.4. The Bertz CT molecular complexity index is 1420. The van der Waals surface area contributed by atoms with Crippen molar-refractivity contribution in [3.05, 3.63) is 96.0 Å². The van der Waals surface area contributed by atoms with E-state index in [1.807, 2.05) is 65.6 Å². The molecule has 8 nitrogen and oxygen atoms in total. The quantitative estimate of drug-likeness (QED) is 0.259. The van der Waals surface area contributed by atoms with E-state index in [1.54, 1.807) is 32.5 Å². The van der Waals surface area contributed by atoms with Crippen LogP contribution in [0.3, 0.4) is 0 Å². The Morgan fingerprint density at radius 2 is 1.81 bits per heavy atom. The maximum atomic E-state index is 11.8. The number of carbonyl (C=O) groups is 1. The number of pyridine rings is 1. The monoisotopic (exact) mass is 515 g/mol. The minimum atomic E-state index is -0.390. The van der Waals surface area contributed by atoms with Crippen molar-refractivity contribution >= 4 is 29.0 Å². The third kappa shape index (κ3) is 4.61. The van der Waals surface area contributed by atoms with Gasteiger partial charge in [-0.25, -0.2) is 4.79 Å². The summed E-state index contributed by atoms with van der Waals surface area (Å²) in [6, 6.07) is 21.6. The number of ether oxygens (including phenoxy) is 3. The predicted octanol–water partition coefficient (Wildman–Crippen LogP) is 5.32. The average molecular weight is 516 g/mol. The predicted molar refractivity (Wildman–Crippen MR) is 143 cm³/mol. The number of thiocarbonyl (C=S) groups is 1. The molecule has 0 saturated carbocycles. The molecule has 0 aliphatic carbocycles. The van der Waals surface area contributed by atoms with Crippen LogP contribution < -0.4 is 19.7 Å². The van der Waals surface area contributed by atoms with Crippen molar-refractivity contribution in [3.63, 3.8) is 0 Å². The lowest BCUT2D eigenvalue weighted by atomic mass is 10.0. The van der Waals surface area contributed by atoms with Crippen molar-refractivity contribution in [1.82, 2.24) is 10.3 Å². The zero-order chi connectivity index (χ0) is 25.9. The van der Waals surface area contributed by atoms with Gasteiger partial charge in [0, 0.05) is 17.8 Å². The van der Waals surface area contributed by atoms with Crippen LogP contribution in [0.1, 0.15) is 33.9 Å². The maximum Gasteiger partial charge on any atom is 0.337 e. The lowest BCUT2D eigenvalue weighted by Gasteiger charge is -2.27. The van der Waals surface area contributed by atoms with Crippen LogP contribution in [0.15, 0.2) is 83.4 Å². The van der Waals surface area contributed by atoms with E-state index < -0.39 is 5.97 Å². The summed E-state index contributed by atoms with van der Waals surface area (Å²) in [5, 5.41) is 3.93. The molecule has 0 unspecified atom stereocenters. The molecular formula is C28H25N3O5S. The molecule has 2 aromatic heterocycles. The van der Waals surface area contributed by atoms with Crippen molar-refractivity contribution in [1.29, 1.82) is 0 Å². The average Bonchev–Trinajstić information content (AvgIpc) is 3.57. The van der Waals surface area contributed by atoms with Gasteiger partial charge >= 0.3 is 5.97 Å². The van der Waals surface area contributed by atoms with Gasteiger partial charge in [-0.15, -0.1) is 0 Å². The Morgan fingerprint density at radius 3 is 2.49 bits per heavy atom. The highest BCUT2D eigenvalue weighted by Crippen LogP contribution is 2.46. The van der Waals surface area contributed by atoms with Crippen molar-refractivity contribution in [2.24, 2.45) is 0 Å². The fraction of sp³-hybridized carbons (Fsp3) is 0.179. The van der Waals surface area contributed by atoms with Crippen LogP contribution in [0.25, 0.3) is 11.3 Å². The minimum Gasteiger partial charge on any atom is -0.497 e. The Hall–Kier alpha value is -4.37. The largest absolute Gasteiger partial charge is 0.497 e. The number of hydrogen-bond donors (Lipinski definition) is 1. The topological polar surface area (TPSA) is 86.1 Å². The van der Waals surface area contributed by atoms with Gasteiger partial charge in [0.05, 0.1) is 44.3 Å².